The monoisotopic (exact) mass is 471 g/mol. The average Bonchev–Trinajstić information content (AvgIpc) is 2.84. The third kappa shape index (κ3) is 6.31. The van der Waals surface area contributed by atoms with Gasteiger partial charge < -0.3 is 9.80 Å². The topological polar surface area (TPSA) is 85.8 Å². The number of carbonyl (C=O) groups is 1. The number of nitrogens with one attached hydrogen (secondary N) is 1. The molecule has 0 saturated carbocycles. The molecule has 2 fully saturated rings. The zero-order valence-corrected chi connectivity index (χ0v) is 20.0. The summed E-state index contributed by atoms with van der Waals surface area (Å²) in [5, 5.41) is 0. The standard InChI is InChI=1S/C24H33N5O3S/c1-20-2-4-23(5-3-20)33(31,32)26-18-21-8-12-29(13-9-21)24(30)19-27-14-16-28(17-15-27)22-6-10-25-11-7-22/h2-7,10-11,21,26H,8-9,12-19H2,1H3. The summed E-state index contributed by atoms with van der Waals surface area (Å²) in [4.78, 5) is 23.7. The van der Waals surface area contributed by atoms with Crippen LogP contribution in [0.4, 0.5) is 5.69 Å². The van der Waals surface area contributed by atoms with Crippen molar-refractivity contribution < 1.29 is 13.2 Å². The van der Waals surface area contributed by atoms with E-state index in [2.05, 4.69) is 19.5 Å². The summed E-state index contributed by atoms with van der Waals surface area (Å²) in [5.74, 6) is 0.421. The largest absolute Gasteiger partial charge is 0.369 e. The van der Waals surface area contributed by atoms with Crippen molar-refractivity contribution in [2.24, 2.45) is 5.92 Å². The van der Waals surface area contributed by atoms with Crippen LogP contribution < -0.4 is 9.62 Å². The van der Waals surface area contributed by atoms with Crippen molar-refractivity contribution in [3.05, 3.63) is 54.4 Å². The van der Waals surface area contributed by atoms with Crippen LogP contribution in [0.1, 0.15) is 18.4 Å². The number of piperazine rings is 1. The van der Waals surface area contributed by atoms with Gasteiger partial charge in [-0.15, -0.1) is 0 Å². The quantitative estimate of drug-likeness (QED) is 0.662. The highest BCUT2D eigenvalue weighted by Gasteiger charge is 2.26. The summed E-state index contributed by atoms with van der Waals surface area (Å²) in [5.41, 5.74) is 2.21. The number of aromatic nitrogens is 1. The molecule has 1 aromatic heterocycles. The van der Waals surface area contributed by atoms with Crippen molar-refractivity contribution in [3.8, 4) is 0 Å². The normalized spacial score (nSPS) is 18.5. The average molecular weight is 472 g/mol. The highest BCUT2D eigenvalue weighted by atomic mass is 32.2. The molecular weight excluding hydrogens is 438 g/mol. The molecule has 2 aromatic rings. The van der Waals surface area contributed by atoms with Crippen LogP contribution in [0.3, 0.4) is 0 Å². The zero-order valence-electron chi connectivity index (χ0n) is 19.2. The Morgan fingerprint density at radius 2 is 1.61 bits per heavy atom. The number of anilines is 1. The first-order chi connectivity index (χ1) is 15.9. The lowest BCUT2D eigenvalue weighted by Gasteiger charge is -2.37. The summed E-state index contributed by atoms with van der Waals surface area (Å²) < 4.78 is 27.8. The number of aryl methyl sites for hydroxylation is 1. The Morgan fingerprint density at radius 1 is 0.970 bits per heavy atom. The molecule has 0 radical (unpaired) electrons. The first kappa shape index (κ1) is 23.7. The Kier molecular flexibility index (Phi) is 7.62. The van der Waals surface area contributed by atoms with Crippen molar-refractivity contribution in [1.82, 2.24) is 19.5 Å². The first-order valence-electron chi connectivity index (χ1n) is 11.6. The maximum Gasteiger partial charge on any atom is 0.240 e. The van der Waals surface area contributed by atoms with Gasteiger partial charge in [0.25, 0.3) is 0 Å². The maximum atomic E-state index is 12.8. The summed E-state index contributed by atoms with van der Waals surface area (Å²) in [7, 11) is -3.49. The molecule has 2 aliphatic heterocycles. The van der Waals surface area contributed by atoms with Crippen molar-refractivity contribution >= 4 is 21.6 Å². The summed E-state index contributed by atoms with van der Waals surface area (Å²) in [6, 6.07) is 10.9. The predicted octanol–water partition coefficient (Wildman–Crippen LogP) is 1.73. The number of amides is 1. The minimum Gasteiger partial charge on any atom is -0.369 e. The number of sulfonamides is 1. The van der Waals surface area contributed by atoms with Gasteiger partial charge in [-0.1, -0.05) is 17.7 Å². The second-order valence-corrected chi connectivity index (χ2v) is 10.7. The Morgan fingerprint density at radius 3 is 2.24 bits per heavy atom. The van der Waals surface area contributed by atoms with E-state index in [1.807, 2.05) is 36.4 Å². The Balaban J connectivity index is 1.18. The van der Waals surface area contributed by atoms with Gasteiger partial charge in [-0.05, 0) is 49.9 Å². The highest BCUT2D eigenvalue weighted by molar-refractivity contribution is 7.89. The number of nitrogens with zero attached hydrogens (tertiary/aromatic N) is 4. The molecule has 0 unspecified atom stereocenters. The molecule has 8 nitrogen and oxygen atoms in total. The molecule has 178 valence electrons. The molecule has 1 aromatic carbocycles. The molecule has 3 heterocycles. The van der Waals surface area contributed by atoms with Gasteiger partial charge in [-0.25, -0.2) is 13.1 Å². The third-order valence-corrected chi connectivity index (χ3v) is 8.06. The molecule has 1 amide bonds. The van der Waals surface area contributed by atoms with Gasteiger partial charge in [-0.3, -0.25) is 14.7 Å². The molecule has 0 spiro atoms. The van der Waals surface area contributed by atoms with E-state index in [0.717, 1.165) is 44.6 Å². The maximum absolute atomic E-state index is 12.8. The fraction of sp³-hybridized carbons (Fsp3) is 0.500. The summed E-state index contributed by atoms with van der Waals surface area (Å²) >= 11 is 0. The van der Waals surface area contributed by atoms with E-state index >= 15 is 0 Å². The van der Waals surface area contributed by atoms with Gasteiger partial charge in [0.2, 0.25) is 15.9 Å². The number of carbonyl (C=O) groups excluding carboxylic acids is 1. The van der Waals surface area contributed by atoms with Crippen LogP contribution in [0.2, 0.25) is 0 Å². The predicted molar refractivity (Wildman–Crippen MR) is 129 cm³/mol. The Bertz CT molecular complexity index is 1010. The van der Waals surface area contributed by atoms with E-state index in [9.17, 15) is 13.2 Å². The van der Waals surface area contributed by atoms with Crippen LogP contribution in [-0.2, 0) is 14.8 Å². The van der Waals surface area contributed by atoms with Crippen LogP contribution in [-0.4, -0.2) is 81.5 Å². The van der Waals surface area contributed by atoms with Gasteiger partial charge in [-0.2, -0.15) is 0 Å². The van der Waals surface area contributed by atoms with E-state index < -0.39 is 10.0 Å². The minimum atomic E-state index is -3.49. The third-order valence-electron chi connectivity index (χ3n) is 6.62. The first-order valence-corrected chi connectivity index (χ1v) is 13.1. The molecule has 2 saturated heterocycles. The van der Waals surface area contributed by atoms with Gasteiger partial charge in [0, 0.05) is 63.9 Å². The van der Waals surface area contributed by atoms with Crippen molar-refractivity contribution in [2.45, 2.75) is 24.7 Å². The number of benzene rings is 1. The molecule has 1 N–H and O–H groups in total. The molecule has 0 atom stereocenters. The fourth-order valence-electron chi connectivity index (χ4n) is 4.43. The molecular formula is C24H33N5O3S. The van der Waals surface area contributed by atoms with Crippen LogP contribution in [0.15, 0.2) is 53.7 Å². The number of likely N-dealkylation sites (tertiary alicyclic amines) is 1. The van der Waals surface area contributed by atoms with Crippen LogP contribution in [0.5, 0.6) is 0 Å². The SMILES string of the molecule is Cc1ccc(S(=O)(=O)NCC2CCN(C(=O)CN3CCN(c4ccncc4)CC3)CC2)cc1. The molecule has 0 bridgehead atoms. The van der Waals surface area contributed by atoms with Gasteiger partial charge in [0.05, 0.1) is 11.4 Å². The van der Waals surface area contributed by atoms with E-state index in [0.29, 0.717) is 31.1 Å². The molecule has 0 aliphatic carbocycles. The van der Waals surface area contributed by atoms with Gasteiger partial charge >= 0.3 is 0 Å². The lowest BCUT2D eigenvalue weighted by Crippen LogP contribution is -2.51. The lowest BCUT2D eigenvalue weighted by atomic mass is 9.97. The number of pyridine rings is 1. The smallest absolute Gasteiger partial charge is 0.240 e. The number of hydrogen-bond acceptors (Lipinski definition) is 6. The van der Waals surface area contributed by atoms with Crippen LogP contribution >= 0.6 is 0 Å². The molecule has 9 heteroatoms. The van der Waals surface area contributed by atoms with E-state index in [-0.39, 0.29) is 11.8 Å². The number of hydrogen-bond donors (Lipinski definition) is 1. The van der Waals surface area contributed by atoms with E-state index in [4.69, 9.17) is 0 Å². The number of piperidine rings is 1. The zero-order chi connectivity index (χ0) is 23.3. The molecule has 33 heavy (non-hydrogen) atoms. The fourth-order valence-corrected chi connectivity index (χ4v) is 5.54. The second kappa shape index (κ2) is 10.6. The highest BCUT2D eigenvalue weighted by Crippen LogP contribution is 2.19. The molecule has 2 aliphatic rings. The molecule has 4 rings (SSSR count). The summed E-state index contributed by atoms with van der Waals surface area (Å²) in [6.07, 6.45) is 5.25. The van der Waals surface area contributed by atoms with Crippen molar-refractivity contribution in [3.63, 3.8) is 0 Å². The van der Waals surface area contributed by atoms with Gasteiger partial charge in [0.15, 0.2) is 0 Å². The van der Waals surface area contributed by atoms with Crippen molar-refractivity contribution in [2.75, 3.05) is 57.3 Å². The Labute approximate surface area is 196 Å². The number of rotatable bonds is 7. The Hall–Kier alpha value is -2.49. The second-order valence-electron chi connectivity index (χ2n) is 8.96. The minimum absolute atomic E-state index is 0.172. The summed E-state index contributed by atoms with van der Waals surface area (Å²) in [6.45, 7) is 7.71. The lowest BCUT2D eigenvalue weighted by molar-refractivity contribution is -0.133. The van der Waals surface area contributed by atoms with Gasteiger partial charge in [0.1, 0.15) is 0 Å². The van der Waals surface area contributed by atoms with Crippen LogP contribution in [0.25, 0.3) is 0 Å². The van der Waals surface area contributed by atoms with E-state index in [1.165, 1.54) is 5.69 Å². The van der Waals surface area contributed by atoms with Crippen LogP contribution in [0, 0.1) is 12.8 Å². The van der Waals surface area contributed by atoms with E-state index in [1.54, 1.807) is 24.3 Å². The van der Waals surface area contributed by atoms with Crippen molar-refractivity contribution in [1.29, 1.82) is 0 Å².